The van der Waals surface area contributed by atoms with Gasteiger partial charge in [0.2, 0.25) is 0 Å². The van der Waals surface area contributed by atoms with Gasteiger partial charge < -0.3 is 14.7 Å². The van der Waals surface area contributed by atoms with E-state index in [9.17, 15) is 0 Å². The number of anilines is 1. The molecule has 0 aliphatic heterocycles. The lowest BCUT2D eigenvalue weighted by molar-refractivity contribution is 0.580. The van der Waals surface area contributed by atoms with Gasteiger partial charge in [0.25, 0.3) is 0 Å². The fraction of sp³-hybridized carbons (Fsp3) is 0.133. The van der Waals surface area contributed by atoms with Crippen molar-refractivity contribution >= 4 is 5.69 Å². The van der Waals surface area contributed by atoms with Gasteiger partial charge in [0.1, 0.15) is 11.5 Å². The molecular formula is C15H15N3O. The average molecular weight is 253 g/mol. The Morgan fingerprint density at radius 1 is 1.21 bits per heavy atom. The maximum atomic E-state index is 5.40. The van der Waals surface area contributed by atoms with Crippen molar-refractivity contribution in [3.05, 3.63) is 48.4 Å². The summed E-state index contributed by atoms with van der Waals surface area (Å²) in [5.74, 6) is 1.63. The number of hydrogen-bond donors (Lipinski definition) is 2. The summed E-state index contributed by atoms with van der Waals surface area (Å²) in [7, 11) is 1.90. The van der Waals surface area contributed by atoms with Crippen LogP contribution in [0.15, 0.2) is 47.1 Å². The normalized spacial score (nSPS) is 10.6. The Bertz CT molecular complexity index is 683. The van der Waals surface area contributed by atoms with Gasteiger partial charge in [-0.1, -0.05) is 12.1 Å². The van der Waals surface area contributed by atoms with Crippen molar-refractivity contribution in [1.82, 2.24) is 9.97 Å². The molecule has 2 N–H and O–H groups in total. The molecule has 4 heteroatoms. The summed E-state index contributed by atoms with van der Waals surface area (Å²) < 4.78 is 5.40. The molecule has 0 saturated heterocycles. The summed E-state index contributed by atoms with van der Waals surface area (Å²) in [4.78, 5) is 7.92. The Morgan fingerprint density at radius 2 is 2.11 bits per heavy atom. The molecule has 0 atom stereocenters. The van der Waals surface area contributed by atoms with E-state index in [0.29, 0.717) is 0 Å². The van der Waals surface area contributed by atoms with Crippen LogP contribution in [0.1, 0.15) is 5.69 Å². The number of hydrogen-bond acceptors (Lipinski definition) is 3. The molecule has 0 aliphatic carbocycles. The molecule has 0 aliphatic rings. The van der Waals surface area contributed by atoms with Gasteiger partial charge in [-0.05, 0) is 31.2 Å². The summed E-state index contributed by atoms with van der Waals surface area (Å²) in [6, 6.07) is 11.9. The predicted octanol–water partition coefficient (Wildman–Crippen LogP) is 3.69. The number of nitrogens with zero attached hydrogens (tertiary/aromatic N) is 1. The van der Waals surface area contributed by atoms with Gasteiger partial charge in [0.15, 0.2) is 5.76 Å². The maximum Gasteiger partial charge on any atom is 0.154 e. The van der Waals surface area contributed by atoms with Gasteiger partial charge in [0.05, 0.1) is 6.26 Å². The minimum Gasteiger partial charge on any atom is -0.463 e. The standard InChI is InChI=1S/C15H15N3O/c1-10-14(13-7-4-8-19-13)18-15(17-10)11-5-3-6-12(9-11)16-2/h3-9,16H,1-2H3,(H,17,18). The Morgan fingerprint density at radius 3 is 2.84 bits per heavy atom. The van der Waals surface area contributed by atoms with Crippen LogP contribution in [0.5, 0.6) is 0 Å². The fourth-order valence-electron chi connectivity index (χ4n) is 2.07. The Balaban J connectivity index is 2.04. The van der Waals surface area contributed by atoms with E-state index in [4.69, 9.17) is 4.42 Å². The van der Waals surface area contributed by atoms with Crippen LogP contribution in [0, 0.1) is 6.92 Å². The second-order valence-corrected chi connectivity index (χ2v) is 4.37. The minimum absolute atomic E-state index is 0.782. The zero-order chi connectivity index (χ0) is 13.2. The van der Waals surface area contributed by atoms with Crippen LogP contribution in [0.2, 0.25) is 0 Å². The van der Waals surface area contributed by atoms with E-state index in [1.165, 1.54) is 0 Å². The zero-order valence-electron chi connectivity index (χ0n) is 10.9. The lowest BCUT2D eigenvalue weighted by Gasteiger charge is -2.01. The first-order chi connectivity index (χ1) is 9.28. The number of aromatic amines is 1. The molecule has 1 aromatic carbocycles. The molecule has 0 spiro atoms. The third kappa shape index (κ3) is 2.12. The van der Waals surface area contributed by atoms with Crippen LogP contribution in [0.4, 0.5) is 5.69 Å². The highest BCUT2D eigenvalue weighted by Gasteiger charge is 2.12. The number of aryl methyl sites for hydroxylation is 1. The van der Waals surface area contributed by atoms with E-state index in [-0.39, 0.29) is 0 Å². The van der Waals surface area contributed by atoms with Gasteiger partial charge in [-0.25, -0.2) is 4.98 Å². The lowest BCUT2D eigenvalue weighted by atomic mass is 10.2. The Kier molecular flexibility index (Phi) is 2.83. The molecule has 0 bridgehead atoms. The molecule has 4 nitrogen and oxygen atoms in total. The molecule has 0 fully saturated rings. The van der Waals surface area contributed by atoms with Crippen LogP contribution in [-0.2, 0) is 0 Å². The number of nitrogens with one attached hydrogen (secondary N) is 2. The SMILES string of the molecule is CNc1cccc(-c2nc(-c3ccco3)c(C)[nH]2)c1. The topological polar surface area (TPSA) is 53.9 Å². The highest BCUT2D eigenvalue weighted by atomic mass is 16.3. The van der Waals surface area contributed by atoms with E-state index in [1.54, 1.807) is 6.26 Å². The summed E-state index contributed by atoms with van der Waals surface area (Å²) in [6.45, 7) is 2.00. The van der Waals surface area contributed by atoms with Crippen LogP contribution >= 0.6 is 0 Å². The van der Waals surface area contributed by atoms with Crippen molar-refractivity contribution < 1.29 is 4.42 Å². The average Bonchev–Trinajstić information content (AvgIpc) is 3.07. The van der Waals surface area contributed by atoms with Crippen LogP contribution in [0.25, 0.3) is 22.8 Å². The maximum absolute atomic E-state index is 5.40. The van der Waals surface area contributed by atoms with Crippen molar-refractivity contribution in [3.63, 3.8) is 0 Å². The predicted molar refractivity (Wildman–Crippen MR) is 76.0 cm³/mol. The first-order valence-electron chi connectivity index (χ1n) is 6.16. The third-order valence-corrected chi connectivity index (χ3v) is 3.06. The van der Waals surface area contributed by atoms with E-state index in [2.05, 4.69) is 21.4 Å². The van der Waals surface area contributed by atoms with E-state index in [0.717, 1.165) is 34.2 Å². The van der Waals surface area contributed by atoms with Gasteiger partial charge >= 0.3 is 0 Å². The number of rotatable bonds is 3. The number of furan rings is 1. The molecule has 0 unspecified atom stereocenters. The second-order valence-electron chi connectivity index (χ2n) is 4.37. The monoisotopic (exact) mass is 253 g/mol. The number of imidazole rings is 1. The fourth-order valence-corrected chi connectivity index (χ4v) is 2.07. The summed E-state index contributed by atoms with van der Waals surface area (Å²) in [5, 5.41) is 3.13. The molecule has 0 radical (unpaired) electrons. The molecular weight excluding hydrogens is 238 g/mol. The van der Waals surface area contributed by atoms with E-state index >= 15 is 0 Å². The summed E-state index contributed by atoms with van der Waals surface area (Å²) in [6.07, 6.45) is 1.66. The van der Waals surface area contributed by atoms with Gasteiger partial charge in [-0.2, -0.15) is 0 Å². The zero-order valence-corrected chi connectivity index (χ0v) is 10.9. The third-order valence-electron chi connectivity index (χ3n) is 3.06. The number of benzene rings is 1. The minimum atomic E-state index is 0.782. The molecule has 0 saturated carbocycles. The lowest BCUT2D eigenvalue weighted by Crippen LogP contribution is -1.88. The van der Waals surface area contributed by atoms with Gasteiger partial charge in [0, 0.05) is 24.0 Å². The smallest absolute Gasteiger partial charge is 0.154 e. The van der Waals surface area contributed by atoms with Crippen molar-refractivity contribution in [2.75, 3.05) is 12.4 Å². The highest BCUT2D eigenvalue weighted by molar-refractivity contribution is 5.67. The first kappa shape index (κ1) is 11.6. The van der Waals surface area contributed by atoms with Crippen LogP contribution < -0.4 is 5.32 Å². The Hall–Kier alpha value is -2.49. The largest absolute Gasteiger partial charge is 0.463 e. The molecule has 3 aromatic rings. The molecule has 3 rings (SSSR count). The quantitative estimate of drug-likeness (QED) is 0.748. The van der Waals surface area contributed by atoms with E-state index in [1.807, 2.05) is 44.3 Å². The van der Waals surface area contributed by atoms with E-state index < -0.39 is 0 Å². The second kappa shape index (κ2) is 4.65. The molecule has 2 aromatic heterocycles. The molecule has 96 valence electrons. The molecule has 0 amide bonds. The van der Waals surface area contributed by atoms with Gasteiger partial charge in [-0.15, -0.1) is 0 Å². The number of H-pyrrole nitrogens is 1. The van der Waals surface area contributed by atoms with Crippen LogP contribution in [0.3, 0.4) is 0 Å². The summed E-state index contributed by atoms with van der Waals surface area (Å²) in [5.41, 5.74) is 3.97. The van der Waals surface area contributed by atoms with Crippen molar-refractivity contribution in [3.8, 4) is 22.8 Å². The highest BCUT2D eigenvalue weighted by Crippen LogP contribution is 2.26. The number of aromatic nitrogens is 2. The van der Waals surface area contributed by atoms with Crippen molar-refractivity contribution in [1.29, 1.82) is 0 Å². The van der Waals surface area contributed by atoms with Crippen molar-refractivity contribution in [2.45, 2.75) is 6.92 Å². The van der Waals surface area contributed by atoms with Crippen molar-refractivity contribution in [2.24, 2.45) is 0 Å². The Labute approximate surface area is 111 Å². The van der Waals surface area contributed by atoms with Crippen LogP contribution in [-0.4, -0.2) is 17.0 Å². The summed E-state index contributed by atoms with van der Waals surface area (Å²) >= 11 is 0. The molecule has 19 heavy (non-hydrogen) atoms. The van der Waals surface area contributed by atoms with Gasteiger partial charge in [-0.3, -0.25) is 0 Å². The molecule has 2 heterocycles. The first-order valence-corrected chi connectivity index (χ1v) is 6.16.